The number of rotatable bonds is 6. The average molecular weight is 495 g/mol. The fourth-order valence-corrected chi connectivity index (χ4v) is 6.07. The molecule has 1 aromatic heterocycles. The molecule has 2 aromatic carbocycles. The van der Waals surface area contributed by atoms with Crippen molar-refractivity contribution in [2.24, 2.45) is 11.8 Å². The maximum Gasteiger partial charge on any atom is 0.131 e. The van der Waals surface area contributed by atoms with Crippen LogP contribution < -0.4 is 21.7 Å². The minimum atomic E-state index is -0.546. The molecule has 3 fully saturated rings. The Morgan fingerprint density at radius 2 is 2.03 bits per heavy atom. The zero-order chi connectivity index (χ0) is 21.4. The van der Waals surface area contributed by atoms with Crippen LogP contribution in [0.1, 0.15) is 30.1 Å². The lowest BCUT2D eigenvalue weighted by Crippen LogP contribution is -3.00. The number of methoxy groups -OCH3 is 1. The molecule has 5 atom stereocenters. The minimum absolute atomic E-state index is 0. The summed E-state index contributed by atoms with van der Waals surface area (Å²) in [5, 5.41) is 12.8. The van der Waals surface area contributed by atoms with E-state index in [4.69, 9.17) is 4.74 Å². The van der Waals surface area contributed by atoms with Crippen molar-refractivity contribution >= 4 is 10.9 Å². The van der Waals surface area contributed by atoms with Gasteiger partial charge in [0.2, 0.25) is 0 Å². The van der Waals surface area contributed by atoms with Gasteiger partial charge in [0.15, 0.2) is 0 Å². The number of hydrogen-bond acceptors (Lipinski definition) is 3. The summed E-state index contributed by atoms with van der Waals surface area (Å²) in [6.07, 6.45) is 5.65. The van der Waals surface area contributed by atoms with Gasteiger partial charge in [-0.3, -0.25) is 4.98 Å². The molecule has 4 heterocycles. The molecule has 0 aliphatic carbocycles. The first kappa shape index (κ1) is 23.0. The highest BCUT2D eigenvalue weighted by molar-refractivity contribution is 5.83. The van der Waals surface area contributed by atoms with E-state index in [-0.39, 0.29) is 23.0 Å². The predicted octanol–water partition coefficient (Wildman–Crippen LogP) is 1.89. The van der Waals surface area contributed by atoms with Crippen molar-refractivity contribution in [3.63, 3.8) is 0 Å². The van der Waals surface area contributed by atoms with E-state index in [2.05, 4.69) is 48.0 Å². The Labute approximate surface area is 200 Å². The van der Waals surface area contributed by atoms with Crippen LogP contribution in [0.15, 0.2) is 73.4 Å². The largest absolute Gasteiger partial charge is 1.00 e. The van der Waals surface area contributed by atoms with Crippen LogP contribution in [-0.2, 0) is 6.54 Å². The summed E-state index contributed by atoms with van der Waals surface area (Å²) < 4.78 is 6.38. The van der Waals surface area contributed by atoms with E-state index in [1.807, 2.05) is 30.5 Å². The van der Waals surface area contributed by atoms with Crippen molar-refractivity contribution < 1.29 is 31.3 Å². The first-order valence-electron chi connectivity index (χ1n) is 11.3. The van der Waals surface area contributed by atoms with Gasteiger partial charge < -0.3 is 31.3 Å². The molecule has 3 aliphatic rings. The van der Waals surface area contributed by atoms with Crippen molar-refractivity contribution in [2.75, 3.05) is 20.2 Å². The predicted molar refractivity (Wildman–Crippen MR) is 124 cm³/mol. The van der Waals surface area contributed by atoms with Gasteiger partial charge in [-0.15, -0.1) is 6.58 Å². The molecule has 3 saturated heterocycles. The highest BCUT2D eigenvalue weighted by Crippen LogP contribution is 2.48. The second-order valence-corrected chi connectivity index (χ2v) is 9.25. The van der Waals surface area contributed by atoms with Gasteiger partial charge in [0.05, 0.1) is 25.7 Å². The normalized spacial score (nSPS) is 27.5. The van der Waals surface area contributed by atoms with Crippen LogP contribution in [0, 0.1) is 11.8 Å². The van der Waals surface area contributed by atoms with Gasteiger partial charge in [0, 0.05) is 35.9 Å². The summed E-state index contributed by atoms with van der Waals surface area (Å²) >= 11 is 0. The average Bonchev–Trinajstić information content (AvgIpc) is 2.83. The maximum absolute atomic E-state index is 11.8. The third-order valence-corrected chi connectivity index (χ3v) is 7.68. The number of nitrogens with zero attached hydrogens (tertiary/aromatic N) is 2. The minimum Gasteiger partial charge on any atom is -1.00 e. The van der Waals surface area contributed by atoms with E-state index in [1.54, 1.807) is 7.11 Å². The molecule has 0 radical (unpaired) electrons. The molecule has 0 amide bonds. The molecule has 5 heteroatoms. The third kappa shape index (κ3) is 3.98. The van der Waals surface area contributed by atoms with Gasteiger partial charge in [0.25, 0.3) is 0 Å². The molecule has 32 heavy (non-hydrogen) atoms. The highest BCUT2D eigenvalue weighted by Gasteiger charge is 2.53. The second-order valence-electron chi connectivity index (χ2n) is 9.25. The zero-order valence-corrected chi connectivity index (χ0v) is 20.1. The molecule has 1 N–H and O–H groups in total. The van der Waals surface area contributed by atoms with Gasteiger partial charge in [-0.1, -0.05) is 36.4 Å². The van der Waals surface area contributed by atoms with Crippen molar-refractivity contribution in [1.82, 2.24) is 4.98 Å². The topological polar surface area (TPSA) is 42.4 Å². The Morgan fingerprint density at radius 1 is 1.22 bits per heavy atom. The van der Waals surface area contributed by atoms with Crippen LogP contribution in [0.3, 0.4) is 0 Å². The molecule has 0 saturated carbocycles. The highest BCUT2D eigenvalue weighted by atomic mass is 79.9. The van der Waals surface area contributed by atoms with Crippen LogP contribution in [0.2, 0.25) is 0 Å². The van der Waals surface area contributed by atoms with Crippen molar-refractivity contribution in [3.8, 4) is 5.75 Å². The van der Waals surface area contributed by atoms with Crippen LogP contribution in [0.25, 0.3) is 10.9 Å². The lowest BCUT2D eigenvalue weighted by atomic mass is 9.71. The molecule has 3 aromatic rings. The summed E-state index contributed by atoms with van der Waals surface area (Å²) in [4.78, 5) is 4.52. The van der Waals surface area contributed by atoms with E-state index < -0.39 is 6.10 Å². The monoisotopic (exact) mass is 494 g/mol. The summed E-state index contributed by atoms with van der Waals surface area (Å²) in [6, 6.07) is 18.8. The Morgan fingerprint density at radius 3 is 2.78 bits per heavy atom. The van der Waals surface area contributed by atoms with E-state index in [1.165, 1.54) is 12.0 Å². The first-order chi connectivity index (χ1) is 15.1. The van der Waals surface area contributed by atoms with Gasteiger partial charge in [0.1, 0.15) is 24.4 Å². The van der Waals surface area contributed by atoms with Crippen molar-refractivity contribution in [2.45, 2.75) is 31.5 Å². The Kier molecular flexibility index (Phi) is 6.70. The maximum atomic E-state index is 11.8. The number of piperidine rings is 3. The van der Waals surface area contributed by atoms with Crippen LogP contribution in [0.4, 0.5) is 0 Å². The quantitative estimate of drug-likeness (QED) is 0.420. The number of benzene rings is 2. The number of quaternary nitrogens is 1. The van der Waals surface area contributed by atoms with E-state index in [0.717, 1.165) is 52.8 Å². The summed E-state index contributed by atoms with van der Waals surface area (Å²) in [7, 11) is 1.68. The van der Waals surface area contributed by atoms with E-state index in [0.29, 0.717) is 11.8 Å². The number of aliphatic hydroxyl groups is 1. The Hall–Kier alpha value is -2.21. The van der Waals surface area contributed by atoms with Gasteiger partial charge in [-0.05, 0) is 35.7 Å². The molecule has 3 aliphatic heterocycles. The van der Waals surface area contributed by atoms with Gasteiger partial charge in [-0.25, -0.2) is 0 Å². The van der Waals surface area contributed by atoms with E-state index in [9.17, 15) is 5.11 Å². The fourth-order valence-electron chi connectivity index (χ4n) is 6.07. The standard InChI is InChI=1S/C27H31N2O2.BrH/c1-3-20-18-29(17-19-7-5-4-6-8-19)14-12-21(20)15-26(29)27(30)23-11-13-28-25-10-9-22(31-2)16-24(23)25;/h3-11,13,16,20-21,26-27,30H,1,12,14-15,17-18H2,2H3;1H/q+1;/p-1/t20-,21-,26+,27-,29?;/m0./s1. The van der Waals surface area contributed by atoms with Crippen LogP contribution in [0.5, 0.6) is 5.75 Å². The molecule has 4 nitrogen and oxygen atoms in total. The molecular formula is C27H31BrN2O2. The Balaban J connectivity index is 0.00000245. The molecule has 168 valence electrons. The molecular weight excluding hydrogens is 464 g/mol. The zero-order valence-electron chi connectivity index (χ0n) is 18.5. The summed E-state index contributed by atoms with van der Waals surface area (Å²) in [6.45, 7) is 7.25. The van der Waals surface area contributed by atoms with E-state index >= 15 is 0 Å². The lowest BCUT2D eigenvalue weighted by molar-refractivity contribution is -0.984. The van der Waals surface area contributed by atoms with Crippen molar-refractivity contribution in [3.05, 3.63) is 84.6 Å². The third-order valence-electron chi connectivity index (χ3n) is 7.68. The number of pyridine rings is 1. The van der Waals surface area contributed by atoms with Crippen molar-refractivity contribution in [1.29, 1.82) is 0 Å². The number of hydrogen-bond donors (Lipinski definition) is 1. The Bertz CT molecular complexity index is 1090. The number of aromatic nitrogens is 1. The smallest absolute Gasteiger partial charge is 0.131 e. The SMILES string of the molecule is C=C[C@H]1C[N+]2(Cc3ccccc3)CC[C@H]1C[C@@H]2[C@@H](O)c1ccnc2ccc(OC)cc12.[Br-]. The summed E-state index contributed by atoms with van der Waals surface area (Å²) in [5.41, 5.74) is 3.19. The van der Waals surface area contributed by atoms with Crippen LogP contribution >= 0.6 is 0 Å². The van der Waals surface area contributed by atoms with Crippen LogP contribution in [-0.4, -0.2) is 40.8 Å². The lowest BCUT2D eigenvalue weighted by Gasteiger charge is -2.58. The molecule has 2 bridgehead atoms. The molecule has 1 unspecified atom stereocenters. The molecule has 6 rings (SSSR count). The molecule has 0 spiro atoms. The second kappa shape index (κ2) is 9.34. The number of halogens is 1. The first-order valence-corrected chi connectivity index (χ1v) is 11.3. The fraction of sp³-hybridized carbons (Fsp3) is 0.370. The summed E-state index contributed by atoms with van der Waals surface area (Å²) in [5.74, 6) is 1.92. The van der Waals surface area contributed by atoms with Gasteiger partial charge in [-0.2, -0.15) is 0 Å². The van der Waals surface area contributed by atoms with Gasteiger partial charge >= 0.3 is 0 Å². The number of aliphatic hydroxyl groups excluding tert-OH is 1. The number of fused-ring (bicyclic) bond motifs is 4. The number of ether oxygens (including phenoxy) is 1.